The summed E-state index contributed by atoms with van der Waals surface area (Å²) in [5, 5.41) is 5.98. The minimum Gasteiger partial charge on any atom is -0.380 e. The summed E-state index contributed by atoms with van der Waals surface area (Å²) >= 11 is 3.40. The number of nitrogens with zero attached hydrogens (tertiary/aromatic N) is 2. The van der Waals surface area contributed by atoms with Crippen molar-refractivity contribution in [1.29, 1.82) is 0 Å². The average Bonchev–Trinajstić information content (AvgIpc) is 3.48. The minimum atomic E-state index is -0.597. The Hall–Kier alpha value is -2.42. The number of nitrogens with one attached hydrogen (secondary N) is 2. The number of anilines is 2. The van der Waals surface area contributed by atoms with E-state index in [1.165, 1.54) is 24.0 Å². The summed E-state index contributed by atoms with van der Waals surface area (Å²) in [4.78, 5) is 30.3. The Labute approximate surface area is 209 Å². The molecular weight excluding hydrogens is 496 g/mol. The van der Waals surface area contributed by atoms with Crippen LogP contribution < -0.4 is 10.6 Å². The van der Waals surface area contributed by atoms with Gasteiger partial charge in [-0.25, -0.2) is 4.79 Å². The number of likely N-dealkylation sites (tertiary alicyclic amines) is 1. The molecule has 1 unspecified atom stereocenters. The summed E-state index contributed by atoms with van der Waals surface area (Å²) in [6.07, 6.45) is 3.74. The van der Waals surface area contributed by atoms with E-state index in [1.807, 2.05) is 30.3 Å². The van der Waals surface area contributed by atoms with Crippen molar-refractivity contribution in [2.45, 2.75) is 43.2 Å². The summed E-state index contributed by atoms with van der Waals surface area (Å²) < 4.78 is 6.44. The lowest BCUT2D eigenvalue weighted by Gasteiger charge is -2.24. The molecule has 2 heterocycles. The van der Waals surface area contributed by atoms with Crippen LogP contribution in [-0.4, -0.2) is 67.7 Å². The summed E-state index contributed by atoms with van der Waals surface area (Å²) in [6, 6.07) is 12.8. The number of carbonyl (C=O) groups is 2. The van der Waals surface area contributed by atoms with E-state index in [2.05, 4.69) is 50.6 Å². The van der Waals surface area contributed by atoms with E-state index >= 15 is 0 Å². The zero-order valence-electron chi connectivity index (χ0n) is 19.6. The SMILES string of the molecule is COC1C[C@H](C(=O)Nc2ccc3c(c2)CCN(C)CC32CC2)N(C(=O)Nc2ccc(Br)cc2)C1. The molecule has 1 spiro atoms. The molecule has 1 aliphatic carbocycles. The van der Waals surface area contributed by atoms with Gasteiger partial charge in [0.2, 0.25) is 5.91 Å². The van der Waals surface area contributed by atoms with Crippen LogP contribution >= 0.6 is 15.9 Å². The Kier molecular flexibility index (Phi) is 6.39. The van der Waals surface area contributed by atoms with Gasteiger partial charge in [-0.05, 0) is 73.8 Å². The summed E-state index contributed by atoms with van der Waals surface area (Å²) in [7, 11) is 3.81. The van der Waals surface area contributed by atoms with Gasteiger partial charge in [0.15, 0.2) is 0 Å². The maximum absolute atomic E-state index is 13.3. The Morgan fingerprint density at radius 1 is 1.09 bits per heavy atom. The number of fused-ring (bicyclic) bond motifs is 2. The molecule has 2 N–H and O–H groups in total. The van der Waals surface area contributed by atoms with Gasteiger partial charge in [-0.3, -0.25) is 4.79 Å². The van der Waals surface area contributed by atoms with Crippen molar-refractivity contribution in [1.82, 2.24) is 9.80 Å². The van der Waals surface area contributed by atoms with Crippen LogP contribution in [0.5, 0.6) is 0 Å². The standard InChI is InChI=1S/C26H31BrN4O3/c1-30-12-9-17-13-20(7-8-22(17)26(16-30)10-11-26)28-24(32)23-14-21(34-2)15-31(23)25(33)29-19-5-3-18(27)4-6-19/h3-8,13,21,23H,9-12,14-16H2,1-2H3,(H,28,32)(H,29,33)/t21?,23-/m1/s1. The number of halogens is 1. The van der Waals surface area contributed by atoms with Crippen molar-refractivity contribution in [3.05, 3.63) is 58.1 Å². The quantitative estimate of drug-likeness (QED) is 0.625. The van der Waals surface area contributed by atoms with Crippen LogP contribution in [0.4, 0.5) is 16.2 Å². The van der Waals surface area contributed by atoms with E-state index < -0.39 is 6.04 Å². The van der Waals surface area contributed by atoms with Gasteiger partial charge in [0, 0.05) is 54.4 Å². The second kappa shape index (κ2) is 9.32. The first kappa shape index (κ1) is 23.3. The number of hydrogen-bond donors (Lipinski definition) is 2. The highest BCUT2D eigenvalue weighted by Gasteiger charge is 2.47. The van der Waals surface area contributed by atoms with Gasteiger partial charge in [0.05, 0.1) is 6.10 Å². The molecule has 1 saturated carbocycles. The Balaban J connectivity index is 1.31. The van der Waals surface area contributed by atoms with Crippen LogP contribution in [0.15, 0.2) is 46.9 Å². The fraction of sp³-hybridized carbons (Fsp3) is 0.462. The molecule has 2 aliphatic heterocycles. The lowest BCUT2D eigenvalue weighted by Crippen LogP contribution is -2.45. The van der Waals surface area contributed by atoms with E-state index in [-0.39, 0.29) is 18.0 Å². The first-order chi connectivity index (χ1) is 16.4. The van der Waals surface area contributed by atoms with Crippen LogP contribution in [0.2, 0.25) is 0 Å². The molecule has 2 fully saturated rings. The van der Waals surface area contributed by atoms with E-state index in [4.69, 9.17) is 4.74 Å². The highest BCUT2D eigenvalue weighted by Crippen LogP contribution is 2.51. The third-order valence-electron chi connectivity index (χ3n) is 7.39. The van der Waals surface area contributed by atoms with Crippen molar-refractivity contribution in [2.75, 3.05) is 44.4 Å². The molecule has 2 atom stereocenters. The maximum atomic E-state index is 13.3. The number of carbonyl (C=O) groups excluding carboxylic acids is 2. The Morgan fingerprint density at radius 3 is 2.53 bits per heavy atom. The largest absolute Gasteiger partial charge is 0.380 e. The normalized spacial score (nSPS) is 23.3. The van der Waals surface area contributed by atoms with Gasteiger partial charge in [-0.2, -0.15) is 0 Å². The molecule has 7 nitrogen and oxygen atoms in total. The van der Waals surface area contributed by atoms with E-state index in [9.17, 15) is 9.59 Å². The molecule has 5 rings (SSSR count). The maximum Gasteiger partial charge on any atom is 0.322 e. The van der Waals surface area contributed by atoms with Crippen molar-refractivity contribution in [2.24, 2.45) is 0 Å². The Morgan fingerprint density at radius 2 is 1.82 bits per heavy atom. The molecule has 8 heteroatoms. The summed E-state index contributed by atoms with van der Waals surface area (Å²) in [5.41, 5.74) is 4.52. The van der Waals surface area contributed by atoms with Crippen LogP contribution in [0.3, 0.4) is 0 Å². The monoisotopic (exact) mass is 526 g/mol. The number of methoxy groups -OCH3 is 1. The van der Waals surface area contributed by atoms with Gasteiger partial charge in [-0.15, -0.1) is 0 Å². The number of hydrogen-bond acceptors (Lipinski definition) is 4. The molecule has 34 heavy (non-hydrogen) atoms. The number of likely N-dealkylation sites (N-methyl/N-ethyl adjacent to an activating group) is 1. The van der Waals surface area contributed by atoms with Crippen LogP contribution in [0.1, 0.15) is 30.4 Å². The Bertz CT molecular complexity index is 1090. The third-order valence-corrected chi connectivity index (χ3v) is 7.92. The van der Waals surface area contributed by atoms with E-state index in [1.54, 1.807) is 12.0 Å². The lowest BCUT2D eigenvalue weighted by atomic mass is 9.91. The fourth-order valence-corrected chi connectivity index (χ4v) is 5.63. The van der Waals surface area contributed by atoms with Gasteiger partial charge < -0.3 is 25.2 Å². The van der Waals surface area contributed by atoms with Gasteiger partial charge in [0.25, 0.3) is 0 Å². The van der Waals surface area contributed by atoms with Crippen molar-refractivity contribution >= 4 is 39.2 Å². The van der Waals surface area contributed by atoms with Gasteiger partial charge in [-0.1, -0.05) is 22.0 Å². The van der Waals surface area contributed by atoms with Crippen LogP contribution in [-0.2, 0) is 21.4 Å². The lowest BCUT2D eigenvalue weighted by molar-refractivity contribution is -0.119. The molecule has 180 valence electrons. The van der Waals surface area contributed by atoms with E-state index in [0.717, 1.165) is 29.7 Å². The third kappa shape index (κ3) is 4.72. The molecule has 2 aromatic carbocycles. The number of benzene rings is 2. The average molecular weight is 527 g/mol. The number of rotatable bonds is 4. The predicted octanol–water partition coefficient (Wildman–Crippen LogP) is 4.23. The fourth-order valence-electron chi connectivity index (χ4n) is 5.36. The minimum absolute atomic E-state index is 0.177. The second-order valence-corrected chi connectivity index (χ2v) is 10.7. The molecule has 0 bridgehead atoms. The first-order valence-corrected chi connectivity index (χ1v) is 12.6. The van der Waals surface area contributed by atoms with Gasteiger partial charge >= 0.3 is 6.03 Å². The number of ether oxygens (including phenoxy) is 1. The zero-order chi connectivity index (χ0) is 23.9. The summed E-state index contributed by atoms with van der Waals surface area (Å²) in [6.45, 7) is 2.50. The zero-order valence-corrected chi connectivity index (χ0v) is 21.2. The highest BCUT2D eigenvalue weighted by atomic mass is 79.9. The topological polar surface area (TPSA) is 73.9 Å². The van der Waals surface area contributed by atoms with Crippen LogP contribution in [0.25, 0.3) is 0 Å². The molecule has 0 aromatic heterocycles. The number of amides is 3. The summed E-state index contributed by atoms with van der Waals surface area (Å²) in [5.74, 6) is -0.183. The second-order valence-electron chi connectivity index (χ2n) is 9.83. The molecule has 1 saturated heterocycles. The predicted molar refractivity (Wildman–Crippen MR) is 136 cm³/mol. The van der Waals surface area contributed by atoms with Gasteiger partial charge in [0.1, 0.15) is 6.04 Å². The van der Waals surface area contributed by atoms with Crippen molar-refractivity contribution in [3.63, 3.8) is 0 Å². The van der Waals surface area contributed by atoms with E-state index in [0.29, 0.717) is 24.1 Å². The molecule has 3 aliphatic rings. The van der Waals surface area contributed by atoms with Crippen molar-refractivity contribution in [3.8, 4) is 0 Å². The van der Waals surface area contributed by atoms with Crippen molar-refractivity contribution < 1.29 is 14.3 Å². The molecule has 3 amide bonds. The molecule has 2 aromatic rings. The molecular formula is C26H31BrN4O3. The first-order valence-electron chi connectivity index (χ1n) is 11.9. The number of urea groups is 1. The smallest absolute Gasteiger partial charge is 0.322 e. The van der Waals surface area contributed by atoms with Crippen LogP contribution in [0, 0.1) is 0 Å². The highest BCUT2D eigenvalue weighted by molar-refractivity contribution is 9.10. The molecule has 0 radical (unpaired) electrons.